The lowest BCUT2D eigenvalue weighted by molar-refractivity contribution is -0.144. The molecule has 0 bridgehead atoms. The molecule has 0 spiro atoms. The van der Waals surface area contributed by atoms with E-state index in [-0.39, 0.29) is 22.8 Å². The fourth-order valence-electron chi connectivity index (χ4n) is 1.47. The first-order chi connectivity index (χ1) is 9.31. The lowest BCUT2D eigenvalue weighted by Crippen LogP contribution is -2.39. The zero-order chi connectivity index (χ0) is 15.3. The lowest BCUT2D eigenvalue weighted by atomic mass is 10.2. The quantitative estimate of drug-likeness (QED) is 0.598. The number of carbonyl (C=O) groups excluding carboxylic acids is 1. The summed E-state index contributed by atoms with van der Waals surface area (Å²) in [5, 5.41) is 8.70. The van der Waals surface area contributed by atoms with Gasteiger partial charge in [-0.1, -0.05) is 0 Å². The number of nitrogen functional groups attached to an aromatic ring is 1. The summed E-state index contributed by atoms with van der Waals surface area (Å²) >= 11 is 0. The van der Waals surface area contributed by atoms with Gasteiger partial charge in [0.1, 0.15) is 10.9 Å². The Morgan fingerprint density at radius 3 is 2.70 bits per heavy atom. The van der Waals surface area contributed by atoms with Crippen LogP contribution in [0.25, 0.3) is 0 Å². The van der Waals surface area contributed by atoms with Crippen LogP contribution in [0.4, 0.5) is 5.69 Å². The average molecular weight is 297 g/mol. The monoisotopic (exact) mass is 297 g/mol. The summed E-state index contributed by atoms with van der Waals surface area (Å²) in [4.78, 5) is 11.2. The number of nitrogens with two attached hydrogens (primary N) is 1. The van der Waals surface area contributed by atoms with Gasteiger partial charge in [0.2, 0.25) is 10.0 Å². The fourth-order valence-corrected chi connectivity index (χ4v) is 2.78. The van der Waals surface area contributed by atoms with Gasteiger partial charge in [0.05, 0.1) is 23.9 Å². The molecule has 1 atom stereocenters. The van der Waals surface area contributed by atoms with E-state index in [0.717, 1.165) is 0 Å². The Morgan fingerprint density at radius 2 is 2.20 bits per heavy atom. The molecule has 1 rings (SSSR count). The number of hydrogen-bond acceptors (Lipinski definition) is 6. The Morgan fingerprint density at radius 1 is 1.55 bits per heavy atom. The molecule has 1 unspecified atom stereocenters. The van der Waals surface area contributed by atoms with Crippen molar-refractivity contribution in [1.29, 1.82) is 5.26 Å². The predicted octanol–water partition coefficient (Wildman–Crippen LogP) is 0.370. The van der Waals surface area contributed by atoms with E-state index in [4.69, 9.17) is 15.7 Å². The van der Waals surface area contributed by atoms with Crippen LogP contribution in [0.1, 0.15) is 19.4 Å². The largest absolute Gasteiger partial charge is 0.465 e. The molecule has 0 amide bonds. The van der Waals surface area contributed by atoms with Gasteiger partial charge in [-0.3, -0.25) is 4.79 Å². The van der Waals surface area contributed by atoms with Crippen LogP contribution in [0.3, 0.4) is 0 Å². The Balaban J connectivity index is 3.01. The topological polar surface area (TPSA) is 122 Å². The minimum Gasteiger partial charge on any atom is -0.465 e. The molecule has 3 N–H and O–H groups in total. The molecule has 0 radical (unpaired) electrons. The molecular weight excluding hydrogens is 282 g/mol. The molecule has 7 nitrogen and oxygen atoms in total. The molecule has 8 heteroatoms. The number of nitrogens with zero attached hydrogens (tertiary/aromatic N) is 1. The van der Waals surface area contributed by atoms with Crippen LogP contribution >= 0.6 is 0 Å². The molecule has 0 fully saturated rings. The van der Waals surface area contributed by atoms with E-state index in [2.05, 4.69) is 4.72 Å². The number of sulfonamides is 1. The number of ether oxygens (including phenoxy) is 1. The van der Waals surface area contributed by atoms with E-state index in [1.807, 2.05) is 6.07 Å². The number of rotatable bonds is 5. The van der Waals surface area contributed by atoms with Crippen LogP contribution in [0.2, 0.25) is 0 Å². The number of esters is 1. The first kappa shape index (κ1) is 15.9. The van der Waals surface area contributed by atoms with Gasteiger partial charge in [-0.25, -0.2) is 8.42 Å². The number of hydrogen-bond donors (Lipinski definition) is 2. The molecule has 20 heavy (non-hydrogen) atoms. The third-order valence-corrected chi connectivity index (χ3v) is 4.02. The molecule has 0 aliphatic carbocycles. The highest BCUT2D eigenvalue weighted by Gasteiger charge is 2.24. The van der Waals surface area contributed by atoms with Gasteiger partial charge in [-0.15, -0.1) is 0 Å². The zero-order valence-electron chi connectivity index (χ0n) is 11.1. The van der Waals surface area contributed by atoms with Crippen LogP contribution in [-0.4, -0.2) is 27.0 Å². The van der Waals surface area contributed by atoms with Crippen molar-refractivity contribution in [3.05, 3.63) is 23.8 Å². The summed E-state index contributed by atoms with van der Waals surface area (Å²) in [5.74, 6) is -0.678. The Labute approximate surface area is 117 Å². The second kappa shape index (κ2) is 6.36. The van der Waals surface area contributed by atoms with E-state index >= 15 is 0 Å². The summed E-state index contributed by atoms with van der Waals surface area (Å²) in [7, 11) is -3.96. The van der Waals surface area contributed by atoms with E-state index in [1.54, 1.807) is 6.92 Å². The highest BCUT2D eigenvalue weighted by atomic mass is 32.2. The van der Waals surface area contributed by atoms with Crippen LogP contribution in [0, 0.1) is 11.3 Å². The number of benzene rings is 1. The summed E-state index contributed by atoms with van der Waals surface area (Å²) in [5.41, 5.74) is 5.79. The van der Waals surface area contributed by atoms with Crippen molar-refractivity contribution in [3.8, 4) is 6.07 Å². The van der Waals surface area contributed by atoms with Crippen LogP contribution in [0.15, 0.2) is 23.1 Å². The summed E-state index contributed by atoms with van der Waals surface area (Å²) in [6.45, 7) is 3.15. The third kappa shape index (κ3) is 3.69. The highest BCUT2D eigenvalue weighted by Crippen LogP contribution is 2.19. The van der Waals surface area contributed by atoms with Crippen LogP contribution in [-0.2, 0) is 19.6 Å². The number of anilines is 1. The Kier molecular flexibility index (Phi) is 5.07. The van der Waals surface area contributed by atoms with E-state index < -0.39 is 22.0 Å². The predicted molar refractivity (Wildman–Crippen MR) is 72.0 cm³/mol. The lowest BCUT2D eigenvalue weighted by Gasteiger charge is -2.14. The highest BCUT2D eigenvalue weighted by molar-refractivity contribution is 7.89. The summed E-state index contributed by atoms with van der Waals surface area (Å²) in [6.07, 6.45) is 0. The standard InChI is InChI=1S/C12H15N3O4S/c1-3-19-12(16)8(2)15-20(17,18)11-5-4-9(7-13)6-10(11)14/h4-6,8,15H,3,14H2,1-2H3. The third-order valence-electron chi connectivity index (χ3n) is 2.40. The van der Waals surface area contributed by atoms with E-state index in [0.29, 0.717) is 0 Å². The van der Waals surface area contributed by atoms with Crippen molar-refractivity contribution in [2.75, 3.05) is 12.3 Å². The van der Waals surface area contributed by atoms with Crippen molar-refractivity contribution in [3.63, 3.8) is 0 Å². The smallest absolute Gasteiger partial charge is 0.323 e. The van der Waals surface area contributed by atoms with Crippen LogP contribution < -0.4 is 10.5 Å². The van der Waals surface area contributed by atoms with E-state index in [9.17, 15) is 13.2 Å². The van der Waals surface area contributed by atoms with Gasteiger partial charge >= 0.3 is 5.97 Å². The number of nitrogens with one attached hydrogen (secondary N) is 1. The maximum absolute atomic E-state index is 12.1. The van der Waals surface area contributed by atoms with Gasteiger partial charge in [0.25, 0.3) is 0 Å². The Hall–Kier alpha value is -2.11. The van der Waals surface area contributed by atoms with Gasteiger partial charge in [-0.05, 0) is 32.0 Å². The SMILES string of the molecule is CCOC(=O)C(C)NS(=O)(=O)c1ccc(C#N)cc1N. The Bertz CT molecular complexity index is 649. The number of nitriles is 1. The normalized spacial score (nSPS) is 12.4. The van der Waals surface area contributed by atoms with Crippen molar-refractivity contribution >= 4 is 21.7 Å². The number of carbonyl (C=O) groups is 1. The fraction of sp³-hybridized carbons (Fsp3) is 0.333. The molecule has 0 aliphatic rings. The second-order valence-electron chi connectivity index (χ2n) is 3.96. The second-order valence-corrected chi connectivity index (χ2v) is 5.64. The van der Waals surface area contributed by atoms with E-state index in [1.165, 1.54) is 25.1 Å². The maximum atomic E-state index is 12.1. The molecule has 0 saturated heterocycles. The minimum atomic E-state index is -3.96. The molecule has 0 aromatic heterocycles. The van der Waals surface area contributed by atoms with Crippen molar-refractivity contribution in [2.45, 2.75) is 24.8 Å². The molecular formula is C12H15N3O4S. The van der Waals surface area contributed by atoms with Gasteiger partial charge in [0, 0.05) is 0 Å². The van der Waals surface area contributed by atoms with Crippen LogP contribution in [0.5, 0.6) is 0 Å². The average Bonchev–Trinajstić information content (AvgIpc) is 2.37. The first-order valence-electron chi connectivity index (χ1n) is 5.80. The maximum Gasteiger partial charge on any atom is 0.323 e. The van der Waals surface area contributed by atoms with Gasteiger partial charge < -0.3 is 10.5 Å². The minimum absolute atomic E-state index is 0.0624. The molecule has 1 aromatic rings. The van der Waals surface area contributed by atoms with Crippen molar-refractivity contribution in [1.82, 2.24) is 4.72 Å². The molecule has 1 aromatic carbocycles. The zero-order valence-corrected chi connectivity index (χ0v) is 11.9. The van der Waals surface area contributed by atoms with Gasteiger partial charge in [0.15, 0.2) is 0 Å². The molecule has 108 valence electrons. The molecule has 0 aliphatic heterocycles. The summed E-state index contributed by atoms with van der Waals surface area (Å²) in [6, 6.07) is 4.62. The molecule has 0 heterocycles. The first-order valence-corrected chi connectivity index (χ1v) is 7.28. The molecule has 0 saturated carbocycles. The van der Waals surface area contributed by atoms with Crippen molar-refractivity contribution in [2.24, 2.45) is 0 Å². The van der Waals surface area contributed by atoms with Gasteiger partial charge in [-0.2, -0.15) is 9.98 Å². The van der Waals surface area contributed by atoms with Crippen molar-refractivity contribution < 1.29 is 17.9 Å². The summed E-state index contributed by atoms with van der Waals surface area (Å²) < 4.78 is 31.1.